The fourth-order valence-corrected chi connectivity index (χ4v) is 3.53. The molecule has 2 aromatic rings. The summed E-state index contributed by atoms with van der Waals surface area (Å²) in [5.41, 5.74) is 8.69. The number of halogens is 1. The molecule has 0 amide bonds. The molecule has 0 aromatic heterocycles. The Morgan fingerprint density at radius 2 is 2.00 bits per heavy atom. The Hall–Kier alpha value is -1.99. The lowest BCUT2D eigenvalue weighted by Gasteiger charge is -2.35. The maximum absolute atomic E-state index is 10.5. The Morgan fingerprint density at radius 3 is 2.73 bits per heavy atom. The number of benzene rings is 2. The van der Waals surface area contributed by atoms with E-state index in [1.165, 1.54) is 5.56 Å². The molecule has 2 unspecified atom stereocenters. The molecule has 0 aliphatic carbocycles. The van der Waals surface area contributed by atoms with Gasteiger partial charge >= 0.3 is 0 Å². The first kappa shape index (κ1) is 18.8. The molecule has 2 aromatic carbocycles. The number of aliphatic hydroxyl groups excluding tert-OH is 1. The van der Waals surface area contributed by atoms with Gasteiger partial charge in [-0.2, -0.15) is 0 Å². The van der Waals surface area contributed by atoms with Crippen molar-refractivity contribution in [1.29, 1.82) is 0 Å². The summed E-state index contributed by atoms with van der Waals surface area (Å²) in [5, 5.41) is 11.3. The smallest absolute Gasteiger partial charge is 0.0698 e. The molecular weight excluding hydrogens is 344 g/mol. The van der Waals surface area contributed by atoms with Crippen molar-refractivity contribution in [2.75, 3.05) is 25.4 Å². The Bertz CT molecular complexity index is 779. The highest BCUT2D eigenvalue weighted by Gasteiger charge is 2.27. The first-order valence-corrected chi connectivity index (χ1v) is 9.47. The topological polar surface area (TPSA) is 49.5 Å². The Labute approximate surface area is 160 Å². The van der Waals surface area contributed by atoms with E-state index >= 15 is 0 Å². The van der Waals surface area contributed by atoms with Gasteiger partial charge in [0.25, 0.3) is 0 Å². The van der Waals surface area contributed by atoms with Crippen molar-refractivity contribution < 1.29 is 5.11 Å². The monoisotopic (exact) mass is 368 g/mol. The van der Waals surface area contributed by atoms with Gasteiger partial charge in [-0.05, 0) is 61.2 Å². The van der Waals surface area contributed by atoms with Crippen LogP contribution in [0, 0.1) is 17.8 Å². The lowest BCUT2D eigenvalue weighted by Crippen LogP contribution is -2.44. The van der Waals surface area contributed by atoms with Crippen LogP contribution >= 0.6 is 11.6 Å². The minimum atomic E-state index is -0.290. The molecule has 26 heavy (non-hydrogen) atoms. The van der Waals surface area contributed by atoms with E-state index in [2.05, 4.69) is 16.7 Å². The van der Waals surface area contributed by atoms with E-state index in [-0.39, 0.29) is 6.10 Å². The highest BCUT2D eigenvalue weighted by molar-refractivity contribution is 6.30. The molecule has 0 radical (unpaired) electrons. The standard InChI is InChI=1S/C22H25ClN2O/c23-20-9-7-18(8-10-20)14-19-11-13-25(16-22(19)26)12-2-1-4-17-5-3-6-21(24)15-17/h3,5-10,15,19,22,26H,2,11-14,16,24H2. The van der Waals surface area contributed by atoms with E-state index in [1.807, 2.05) is 48.5 Å². The molecular formula is C22H25ClN2O. The van der Waals surface area contributed by atoms with Crippen LogP contribution in [0.25, 0.3) is 0 Å². The summed E-state index contributed by atoms with van der Waals surface area (Å²) in [6, 6.07) is 15.6. The number of hydrogen-bond acceptors (Lipinski definition) is 3. The number of nitrogens with two attached hydrogens (primary N) is 1. The van der Waals surface area contributed by atoms with Crippen molar-refractivity contribution in [1.82, 2.24) is 4.90 Å². The summed E-state index contributed by atoms with van der Waals surface area (Å²) in [6.45, 7) is 2.62. The number of piperidine rings is 1. The summed E-state index contributed by atoms with van der Waals surface area (Å²) in [5.74, 6) is 6.67. The molecule has 3 nitrogen and oxygen atoms in total. The highest BCUT2D eigenvalue weighted by Crippen LogP contribution is 2.23. The molecule has 3 rings (SSSR count). The van der Waals surface area contributed by atoms with Crippen molar-refractivity contribution in [3.8, 4) is 11.8 Å². The largest absolute Gasteiger partial charge is 0.399 e. The minimum Gasteiger partial charge on any atom is -0.399 e. The van der Waals surface area contributed by atoms with Crippen LogP contribution < -0.4 is 5.73 Å². The normalized spacial score (nSPS) is 20.4. The average molecular weight is 369 g/mol. The molecule has 1 aliphatic heterocycles. The van der Waals surface area contributed by atoms with Gasteiger partial charge in [-0.3, -0.25) is 4.90 Å². The van der Waals surface area contributed by atoms with E-state index in [0.717, 1.165) is 55.2 Å². The van der Waals surface area contributed by atoms with Gasteiger partial charge in [-0.1, -0.05) is 41.6 Å². The maximum Gasteiger partial charge on any atom is 0.0698 e. The quantitative estimate of drug-likeness (QED) is 0.640. The summed E-state index contributed by atoms with van der Waals surface area (Å²) in [7, 11) is 0. The number of β-amino-alcohol motifs (C(OH)–C–C–N with tert-alkyl or cyclic N) is 1. The number of likely N-dealkylation sites (tertiary alicyclic amines) is 1. The third-order valence-corrected chi connectivity index (χ3v) is 5.14. The summed E-state index contributed by atoms with van der Waals surface area (Å²) < 4.78 is 0. The lowest BCUT2D eigenvalue weighted by molar-refractivity contribution is 0.0229. The minimum absolute atomic E-state index is 0.290. The molecule has 1 fully saturated rings. The third-order valence-electron chi connectivity index (χ3n) is 4.89. The van der Waals surface area contributed by atoms with Gasteiger partial charge in [0, 0.05) is 35.8 Å². The second-order valence-electron chi connectivity index (χ2n) is 6.92. The summed E-state index contributed by atoms with van der Waals surface area (Å²) >= 11 is 5.94. The number of nitrogen functional groups attached to an aromatic ring is 1. The maximum atomic E-state index is 10.5. The van der Waals surface area contributed by atoms with Crippen LogP contribution in [0.3, 0.4) is 0 Å². The van der Waals surface area contributed by atoms with Crippen LogP contribution in [-0.2, 0) is 6.42 Å². The molecule has 3 N–H and O–H groups in total. The van der Waals surface area contributed by atoms with Crippen LogP contribution in [0.4, 0.5) is 5.69 Å². The molecule has 0 bridgehead atoms. The Balaban J connectivity index is 1.44. The fourth-order valence-electron chi connectivity index (χ4n) is 3.41. The predicted molar refractivity (Wildman–Crippen MR) is 108 cm³/mol. The molecule has 0 spiro atoms. The fraction of sp³-hybridized carbons (Fsp3) is 0.364. The number of hydrogen-bond donors (Lipinski definition) is 2. The number of nitrogens with zero attached hydrogens (tertiary/aromatic N) is 1. The van der Waals surface area contributed by atoms with Crippen LogP contribution in [0.1, 0.15) is 24.0 Å². The van der Waals surface area contributed by atoms with Crippen LogP contribution in [0.15, 0.2) is 48.5 Å². The molecule has 4 heteroatoms. The SMILES string of the molecule is Nc1cccc(C#CCCN2CCC(Cc3ccc(Cl)cc3)C(O)C2)c1. The van der Waals surface area contributed by atoms with Gasteiger partial charge in [0.2, 0.25) is 0 Å². The third kappa shape index (κ3) is 5.51. The van der Waals surface area contributed by atoms with Crippen molar-refractivity contribution in [2.45, 2.75) is 25.4 Å². The van der Waals surface area contributed by atoms with Gasteiger partial charge in [-0.15, -0.1) is 0 Å². The van der Waals surface area contributed by atoms with E-state index < -0.39 is 0 Å². The van der Waals surface area contributed by atoms with E-state index in [1.54, 1.807) is 0 Å². The van der Waals surface area contributed by atoms with Gasteiger partial charge in [-0.25, -0.2) is 0 Å². The molecule has 1 heterocycles. The number of rotatable bonds is 4. The lowest BCUT2D eigenvalue weighted by atomic mass is 9.88. The van der Waals surface area contributed by atoms with E-state index in [9.17, 15) is 5.11 Å². The van der Waals surface area contributed by atoms with E-state index in [0.29, 0.717) is 5.92 Å². The number of aliphatic hydroxyl groups is 1. The predicted octanol–water partition coefficient (Wildman–Crippen LogP) is 3.59. The zero-order valence-corrected chi connectivity index (χ0v) is 15.6. The number of anilines is 1. The van der Waals surface area contributed by atoms with Gasteiger partial charge < -0.3 is 10.8 Å². The zero-order valence-electron chi connectivity index (χ0n) is 14.9. The van der Waals surface area contributed by atoms with Crippen molar-refractivity contribution >= 4 is 17.3 Å². The van der Waals surface area contributed by atoms with Crippen molar-refractivity contribution in [3.63, 3.8) is 0 Å². The molecule has 1 aliphatic rings. The average Bonchev–Trinajstić information content (AvgIpc) is 2.63. The summed E-state index contributed by atoms with van der Waals surface area (Å²) in [4.78, 5) is 2.30. The van der Waals surface area contributed by atoms with Crippen molar-refractivity contribution in [3.05, 3.63) is 64.7 Å². The molecule has 136 valence electrons. The second-order valence-corrected chi connectivity index (χ2v) is 7.36. The first-order chi connectivity index (χ1) is 12.6. The van der Waals surface area contributed by atoms with Gasteiger partial charge in [0.15, 0.2) is 0 Å². The van der Waals surface area contributed by atoms with Crippen molar-refractivity contribution in [2.24, 2.45) is 5.92 Å². The van der Waals surface area contributed by atoms with Crippen LogP contribution in [0.5, 0.6) is 0 Å². The first-order valence-electron chi connectivity index (χ1n) is 9.09. The molecule has 2 atom stereocenters. The van der Waals surface area contributed by atoms with E-state index in [4.69, 9.17) is 17.3 Å². The second kappa shape index (κ2) is 9.09. The molecule has 0 saturated carbocycles. The van der Waals surface area contributed by atoms with Gasteiger partial charge in [0.05, 0.1) is 6.10 Å². The zero-order chi connectivity index (χ0) is 18.4. The Kier molecular flexibility index (Phi) is 6.57. The molecule has 1 saturated heterocycles. The Morgan fingerprint density at radius 1 is 1.19 bits per heavy atom. The summed E-state index contributed by atoms with van der Waals surface area (Å²) in [6.07, 6.45) is 2.42. The van der Waals surface area contributed by atoms with Crippen LogP contribution in [0.2, 0.25) is 5.02 Å². The highest BCUT2D eigenvalue weighted by atomic mass is 35.5. The van der Waals surface area contributed by atoms with Gasteiger partial charge in [0.1, 0.15) is 0 Å². The van der Waals surface area contributed by atoms with Crippen LogP contribution in [-0.4, -0.2) is 35.7 Å².